The topological polar surface area (TPSA) is 84.7 Å². The minimum atomic E-state index is -3.90. The van der Waals surface area contributed by atoms with Crippen molar-refractivity contribution in [2.24, 2.45) is 5.92 Å². The minimum Gasteiger partial charge on any atom is -0.435 e. The highest BCUT2D eigenvalue weighted by Crippen LogP contribution is 2.43. The fraction of sp³-hybridized carbons (Fsp3) is 0.545. The van der Waals surface area contributed by atoms with Crippen molar-refractivity contribution in [1.29, 1.82) is 0 Å². The van der Waals surface area contributed by atoms with E-state index in [1.54, 1.807) is 0 Å². The molecular formula is C22H26F2N4O4S. The highest BCUT2D eigenvalue weighted by molar-refractivity contribution is 7.89. The molecule has 2 aromatic rings. The van der Waals surface area contributed by atoms with E-state index in [9.17, 15) is 22.0 Å². The third-order valence-electron chi connectivity index (χ3n) is 6.78. The summed E-state index contributed by atoms with van der Waals surface area (Å²) in [6.45, 7) is -0.0230. The van der Waals surface area contributed by atoms with Crippen LogP contribution in [0.5, 0.6) is 5.75 Å². The molecule has 1 aromatic carbocycles. The molecule has 2 aliphatic heterocycles. The summed E-state index contributed by atoms with van der Waals surface area (Å²) in [6, 6.07) is 7.08. The number of amides is 1. The molecule has 0 N–H and O–H groups in total. The molecular weight excluding hydrogens is 454 g/mol. The summed E-state index contributed by atoms with van der Waals surface area (Å²) in [5.74, 6) is 1.19. The standard InChI is InChI=1S/C22H26F2N4O4S/c1-15-11-19-27(14-16-5-6-16)20(29)13-22(28(19)25-15)7-9-26(10-8-22)33(30,31)18-4-2-3-17(12-18)32-21(23)24/h2-4,11-12,16,21H,5-10,13-14H2,1H3. The van der Waals surface area contributed by atoms with Crippen molar-refractivity contribution in [2.45, 2.75) is 56.1 Å². The van der Waals surface area contributed by atoms with Gasteiger partial charge < -0.3 is 4.74 Å². The number of sulfonamides is 1. The Morgan fingerprint density at radius 2 is 1.94 bits per heavy atom. The number of aromatic nitrogens is 2. The van der Waals surface area contributed by atoms with Crippen molar-refractivity contribution in [3.63, 3.8) is 0 Å². The fourth-order valence-electron chi connectivity index (χ4n) is 4.85. The van der Waals surface area contributed by atoms with Crippen molar-refractivity contribution in [3.05, 3.63) is 36.0 Å². The van der Waals surface area contributed by atoms with Crippen LogP contribution in [-0.2, 0) is 20.4 Å². The third kappa shape index (κ3) is 4.12. The maximum Gasteiger partial charge on any atom is 0.387 e. The summed E-state index contributed by atoms with van der Waals surface area (Å²) in [4.78, 5) is 14.8. The molecule has 1 aliphatic carbocycles. The van der Waals surface area contributed by atoms with Crippen LogP contribution in [0.2, 0.25) is 0 Å². The smallest absolute Gasteiger partial charge is 0.387 e. The third-order valence-corrected chi connectivity index (χ3v) is 8.67. The van der Waals surface area contributed by atoms with Gasteiger partial charge in [-0.3, -0.25) is 9.69 Å². The lowest BCUT2D eigenvalue weighted by Crippen LogP contribution is -2.55. The average Bonchev–Trinajstić information content (AvgIpc) is 3.50. The van der Waals surface area contributed by atoms with E-state index in [-0.39, 0.29) is 29.6 Å². The zero-order chi connectivity index (χ0) is 23.4. The maximum absolute atomic E-state index is 13.2. The largest absolute Gasteiger partial charge is 0.435 e. The monoisotopic (exact) mass is 480 g/mol. The summed E-state index contributed by atoms with van der Waals surface area (Å²) in [7, 11) is -3.90. The number of carbonyl (C=O) groups excluding carboxylic acids is 1. The zero-order valence-electron chi connectivity index (χ0n) is 18.3. The van der Waals surface area contributed by atoms with Crippen molar-refractivity contribution in [1.82, 2.24) is 14.1 Å². The number of hydrogen-bond acceptors (Lipinski definition) is 5. The number of alkyl halides is 2. The molecule has 0 bridgehead atoms. The molecule has 0 atom stereocenters. The van der Waals surface area contributed by atoms with Crippen LogP contribution >= 0.6 is 0 Å². The first kappa shape index (κ1) is 22.3. The van der Waals surface area contributed by atoms with Crippen LogP contribution in [0.4, 0.5) is 14.6 Å². The molecule has 11 heteroatoms. The van der Waals surface area contributed by atoms with Crippen molar-refractivity contribution >= 4 is 21.7 Å². The molecule has 1 spiro atoms. The summed E-state index contributed by atoms with van der Waals surface area (Å²) < 4.78 is 59.1. The Morgan fingerprint density at radius 3 is 2.61 bits per heavy atom. The molecule has 2 fully saturated rings. The molecule has 1 aromatic heterocycles. The molecule has 1 amide bonds. The van der Waals surface area contributed by atoms with E-state index in [1.165, 1.54) is 22.5 Å². The number of nitrogens with zero attached hydrogens (tertiary/aromatic N) is 4. The second-order valence-corrected chi connectivity index (χ2v) is 11.1. The van der Waals surface area contributed by atoms with Gasteiger partial charge in [-0.1, -0.05) is 6.07 Å². The van der Waals surface area contributed by atoms with Gasteiger partial charge in [-0.15, -0.1) is 0 Å². The molecule has 1 saturated carbocycles. The Hall–Kier alpha value is -2.53. The summed E-state index contributed by atoms with van der Waals surface area (Å²) in [5, 5.41) is 4.69. The second kappa shape index (κ2) is 8.05. The SMILES string of the molecule is Cc1cc2n(n1)C1(CCN(S(=O)(=O)c3cccc(OC(F)F)c3)CC1)CC(=O)N2CC1CC1. The Morgan fingerprint density at radius 1 is 1.21 bits per heavy atom. The maximum atomic E-state index is 13.2. The van der Waals surface area contributed by atoms with Gasteiger partial charge in [0.2, 0.25) is 15.9 Å². The van der Waals surface area contributed by atoms with Gasteiger partial charge in [0, 0.05) is 31.8 Å². The summed E-state index contributed by atoms with van der Waals surface area (Å²) >= 11 is 0. The Bertz CT molecular complexity index is 1170. The Kier molecular flexibility index (Phi) is 5.43. The summed E-state index contributed by atoms with van der Waals surface area (Å²) in [6.07, 6.45) is 3.45. The molecule has 1 saturated heterocycles. The van der Waals surface area contributed by atoms with Gasteiger partial charge in [0.15, 0.2) is 0 Å². The highest BCUT2D eigenvalue weighted by atomic mass is 32.2. The molecule has 178 valence electrons. The second-order valence-electron chi connectivity index (χ2n) is 9.16. The Labute approximate surface area is 191 Å². The van der Waals surface area contributed by atoms with Crippen LogP contribution in [0.3, 0.4) is 0 Å². The number of ether oxygens (including phenoxy) is 1. The van der Waals surface area contributed by atoms with E-state index in [1.807, 2.05) is 22.6 Å². The van der Waals surface area contributed by atoms with E-state index in [4.69, 9.17) is 5.10 Å². The van der Waals surface area contributed by atoms with Crippen LogP contribution in [-0.4, -0.2) is 54.7 Å². The lowest BCUT2D eigenvalue weighted by molar-refractivity contribution is -0.122. The lowest BCUT2D eigenvalue weighted by atomic mass is 9.83. The molecule has 0 unspecified atom stereocenters. The fourth-order valence-corrected chi connectivity index (χ4v) is 6.33. The molecule has 3 aliphatic rings. The first-order valence-electron chi connectivity index (χ1n) is 11.1. The quantitative estimate of drug-likeness (QED) is 0.634. The predicted octanol–water partition coefficient (Wildman–Crippen LogP) is 3.12. The number of benzene rings is 1. The van der Waals surface area contributed by atoms with Gasteiger partial charge in [-0.25, -0.2) is 13.1 Å². The number of hydrogen-bond donors (Lipinski definition) is 0. The van der Waals surface area contributed by atoms with Gasteiger partial charge >= 0.3 is 6.61 Å². The first-order chi connectivity index (χ1) is 15.7. The van der Waals surface area contributed by atoms with Crippen molar-refractivity contribution in [2.75, 3.05) is 24.5 Å². The molecule has 3 heterocycles. The van der Waals surface area contributed by atoms with Gasteiger partial charge in [0.1, 0.15) is 11.6 Å². The van der Waals surface area contributed by atoms with E-state index < -0.39 is 22.2 Å². The van der Waals surface area contributed by atoms with E-state index in [2.05, 4.69) is 4.74 Å². The first-order valence-corrected chi connectivity index (χ1v) is 12.5. The van der Waals surface area contributed by atoms with Gasteiger partial charge in [-0.2, -0.15) is 18.2 Å². The minimum absolute atomic E-state index is 0.0578. The normalized spacial score (nSPS) is 21.0. The zero-order valence-corrected chi connectivity index (χ0v) is 19.1. The van der Waals surface area contributed by atoms with Crippen LogP contribution in [0.1, 0.15) is 37.8 Å². The van der Waals surface area contributed by atoms with Crippen LogP contribution < -0.4 is 9.64 Å². The van der Waals surface area contributed by atoms with E-state index in [0.29, 0.717) is 31.7 Å². The number of fused-ring (bicyclic) bond motifs is 2. The number of carbonyl (C=O) groups is 1. The van der Waals surface area contributed by atoms with Gasteiger partial charge in [-0.05, 0) is 50.7 Å². The molecule has 5 rings (SSSR count). The Balaban J connectivity index is 1.37. The lowest BCUT2D eigenvalue weighted by Gasteiger charge is -2.46. The number of rotatable bonds is 6. The van der Waals surface area contributed by atoms with Gasteiger partial charge in [0.05, 0.1) is 22.5 Å². The van der Waals surface area contributed by atoms with Crippen molar-refractivity contribution in [3.8, 4) is 5.75 Å². The highest BCUT2D eigenvalue weighted by Gasteiger charge is 2.48. The number of anilines is 1. The van der Waals surface area contributed by atoms with Crippen molar-refractivity contribution < 1.29 is 26.7 Å². The number of aryl methyl sites for hydroxylation is 1. The average molecular weight is 481 g/mol. The molecule has 33 heavy (non-hydrogen) atoms. The van der Waals surface area contributed by atoms with Crippen LogP contribution in [0.25, 0.3) is 0 Å². The number of piperidine rings is 1. The number of halogens is 2. The van der Waals surface area contributed by atoms with Crippen LogP contribution in [0, 0.1) is 12.8 Å². The molecule has 0 radical (unpaired) electrons. The van der Waals surface area contributed by atoms with Crippen LogP contribution in [0.15, 0.2) is 35.2 Å². The summed E-state index contributed by atoms with van der Waals surface area (Å²) in [5.41, 5.74) is 0.263. The molecule has 8 nitrogen and oxygen atoms in total. The van der Waals surface area contributed by atoms with E-state index in [0.717, 1.165) is 30.4 Å². The predicted molar refractivity (Wildman–Crippen MR) is 116 cm³/mol. The van der Waals surface area contributed by atoms with Gasteiger partial charge in [0.25, 0.3) is 0 Å². The van der Waals surface area contributed by atoms with E-state index >= 15 is 0 Å².